The minimum absolute atomic E-state index is 0.656. The SMILES string of the molecule is C1=C(N(c2ccc(-c3ccccc3)cc2)c2ccc3c(ccc4ccccc43)c2)CNc2oc3ccccc3c21. The molecule has 0 aliphatic carbocycles. The van der Waals surface area contributed by atoms with Crippen molar-refractivity contribution >= 4 is 55.8 Å². The summed E-state index contributed by atoms with van der Waals surface area (Å²) in [6, 6.07) is 47.4. The summed E-state index contributed by atoms with van der Waals surface area (Å²) < 4.78 is 6.12. The number of fused-ring (bicyclic) bond motifs is 6. The van der Waals surface area contributed by atoms with Gasteiger partial charge < -0.3 is 14.6 Å². The Hall–Kier alpha value is -5.28. The van der Waals surface area contributed by atoms with Crippen molar-refractivity contribution in [2.75, 3.05) is 16.8 Å². The second kappa shape index (κ2) is 9.18. The van der Waals surface area contributed by atoms with Crippen LogP contribution in [0.15, 0.2) is 144 Å². The monoisotopic (exact) mass is 514 g/mol. The minimum atomic E-state index is 0.656. The summed E-state index contributed by atoms with van der Waals surface area (Å²) in [6.07, 6.45) is 2.27. The van der Waals surface area contributed by atoms with Gasteiger partial charge >= 0.3 is 0 Å². The lowest BCUT2D eigenvalue weighted by Crippen LogP contribution is -2.24. The Labute approximate surface area is 232 Å². The van der Waals surface area contributed by atoms with Gasteiger partial charge in [0.2, 0.25) is 5.88 Å². The normalized spacial score (nSPS) is 12.8. The fourth-order valence-corrected chi connectivity index (χ4v) is 5.93. The topological polar surface area (TPSA) is 28.4 Å². The molecule has 0 saturated heterocycles. The lowest BCUT2D eigenvalue weighted by atomic mass is 10.0. The fourth-order valence-electron chi connectivity index (χ4n) is 5.93. The lowest BCUT2D eigenvalue weighted by molar-refractivity contribution is 0.626. The van der Waals surface area contributed by atoms with Crippen molar-refractivity contribution in [3.05, 3.63) is 145 Å². The fraction of sp³-hybridized carbons (Fsp3) is 0.0270. The van der Waals surface area contributed by atoms with Crippen LogP contribution in [0.5, 0.6) is 0 Å². The van der Waals surface area contributed by atoms with Gasteiger partial charge in [-0.15, -0.1) is 0 Å². The molecule has 40 heavy (non-hydrogen) atoms. The van der Waals surface area contributed by atoms with Gasteiger partial charge in [0.05, 0.1) is 6.54 Å². The van der Waals surface area contributed by atoms with Crippen molar-refractivity contribution in [1.82, 2.24) is 0 Å². The molecule has 0 unspecified atom stereocenters. The van der Waals surface area contributed by atoms with Crippen LogP contribution in [0, 0.1) is 0 Å². The molecule has 0 atom stereocenters. The molecule has 0 spiro atoms. The molecule has 2 heterocycles. The van der Waals surface area contributed by atoms with Crippen LogP contribution in [0.1, 0.15) is 5.56 Å². The number of hydrogen-bond acceptors (Lipinski definition) is 3. The van der Waals surface area contributed by atoms with E-state index < -0.39 is 0 Å². The number of rotatable bonds is 4. The van der Waals surface area contributed by atoms with Gasteiger partial charge in [-0.3, -0.25) is 0 Å². The van der Waals surface area contributed by atoms with Gasteiger partial charge in [-0.25, -0.2) is 0 Å². The molecule has 1 aliphatic rings. The quantitative estimate of drug-likeness (QED) is 0.237. The number of furan rings is 1. The Morgan fingerprint density at radius 1 is 0.550 bits per heavy atom. The van der Waals surface area contributed by atoms with Crippen LogP contribution < -0.4 is 10.2 Å². The minimum Gasteiger partial charge on any atom is -0.440 e. The molecule has 7 aromatic rings. The van der Waals surface area contributed by atoms with E-state index in [1.165, 1.54) is 32.7 Å². The molecule has 1 aliphatic heterocycles. The largest absolute Gasteiger partial charge is 0.440 e. The molecule has 3 nitrogen and oxygen atoms in total. The van der Waals surface area contributed by atoms with Gasteiger partial charge in [-0.1, -0.05) is 103 Å². The highest BCUT2D eigenvalue weighted by Gasteiger charge is 2.23. The Morgan fingerprint density at radius 2 is 1.23 bits per heavy atom. The van der Waals surface area contributed by atoms with Crippen molar-refractivity contribution in [2.24, 2.45) is 0 Å². The average molecular weight is 515 g/mol. The maximum atomic E-state index is 6.12. The predicted molar refractivity (Wildman–Crippen MR) is 168 cm³/mol. The van der Waals surface area contributed by atoms with Crippen LogP contribution in [-0.2, 0) is 0 Å². The summed E-state index contributed by atoms with van der Waals surface area (Å²) in [5.74, 6) is 0.828. The summed E-state index contributed by atoms with van der Waals surface area (Å²) >= 11 is 0. The maximum absolute atomic E-state index is 6.12. The highest BCUT2D eigenvalue weighted by Crippen LogP contribution is 2.40. The van der Waals surface area contributed by atoms with E-state index in [1.54, 1.807) is 0 Å². The Kier molecular flexibility index (Phi) is 5.20. The number of nitrogens with one attached hydrogen (secondary N) is 1. The second-order valence-electron chi connectivity index (χ2n) is 10.3. The lowest BCUT2D eigenvalue weighted by Gasteiger charge is -2.30. The number of hydrogen-bond donors (Lipinski definition) is 1. The first-order chi connectivity index (χ1) is 19.8. The van der Waals surface area contributed by atoms with Crippen LogP contribution >= 0.6 is 0 Å². The number of para-hydroxylation sites is 1. The third-order valence-electron chi connectivity index (χ3n) is 7.88. The number of nitrogens with zero attached hydrogens (tertiary/aromatic N) is 1. The zero-order valence-corrected chi connectivity index (χ0v) is 21.8. The number of benzene rings is 6. The van der Waals surface area contributed by atoms with Crippen LogP contribution in [0.2, 0.25) is 0 Å². The first kappa shape index (κ1) is 22.7. The summed E-state index contributed by atoms with van der Waals surface area (Å²) in [5, 5.41) is 9.68. The second-order valence-corrected chi connectivity index (χ2v) is 10.3. The van der Waals surface area contributed by atoms with E-state index in [-0.39, 0.29) is 0 Å². The van der Waals surface area contributed by atoms with Crippen molar-refractivity contribution < 1.29 is 4.42 Å². The molecule has 3 heteroatoms. The predicted octanol–water partition coefficient (Wildman–Crippen LogP) is 10.0. The first-order valence-electron chi connectivity index (χ1n) is 13.6. The highest BCUT2D eigenvalue weighted by atomic mass is 16.3. The summed E-state index contributed by atoms with van der Waals surface area (Å²) in [5.41, 5.74) is 7.80. The highest BCUT2D eigenvalue weighted by molar-refractivity contribution is 6.08. The molecule has 0 bridgehead atoms. The number of anilines is 3. The van der Waals surface area contributed by atoms with Gasteiger partial charge in [0.1, 0.15) is 5.58 Å². The Balaban J connectivity index is 1.29. The van der Waals surface area contributed by atoms with E-state index in [2.05, 4.69) is 138 Å². The molecule has 1 N–H and O–H groups in total. The maximum Gasteiger partial charge on any atom is 0.201 e. The van der Waals surface area contributed by atoms with Gasteiger partial charge in [0.15, 0.2) is 0 Å². The van der Waals surface area contributed by atoms with Gasteiger partial charge in [-0.2, -0.15) is 0 Å². The smallest absolute Gasteiger partial charge is 0.201 e. The zero-order valence-electron chi connectivity index (χ0n) is 21.8. The van der Waals surface area contributed by atoms with Crippen molar-refractivity contribution in [1.29, 1.82) is 0 Å². The molecule has 0 amide bonds. The van der Waals surface area contributed by atoms with Crippen LogP contribution in [0.25, 0.3) is 49.7 Å². The molecule has 190 valence electrons. The van der Waals surface area contributed by atoms with Gasteiger partial charge in [0, 0.05) is 28.0 Å². The van der Waals surface area contributed by atoms with E-state index in [9.17, 15) is 0 Å². The summed E-state index contributed by atoms with van der Waals surface area (Å²) in [7, 11) is 0. The van der Waals surface area contributed by atoms with Crippen molar-refractivity contribution in [3.63, 3.8) is 0 Å². The van der Waals surface area contributed by atoms with Crippen LogP contribution in [-0.4, -0.2) is 6.54 Å². The summed E-state index contributed by atoms with van der Waals surface area (Å²) in [4.78, 5) is 2.36. The van der Waals surface area contributed by atoms with Crippen LogP contribution in [0.4, 0.5) is 17.3 Å². The molecule has 0 fully saturated rings. The molecular weight excluding hydrogens is 488 g/mol. The zero-order chi connectivity index (χ0) is 26.5. The molecule has 1 aromatic heterocycles. The molecule has 0 radical (unpaired) electrons. The van der Waals surface area contributed by atoms with E-state index >= 15 is 0 Å². The Bertz CT molecular complexity index is 2050. The third kappa shape index (κ3) is 3.75. The van der Waals surface area contributed by atoms with E-state index in [0.717, 1.165) is 39.5 Å². The average Bonchev–Trinajstić information content (AvgIpc) is 3.40. The van der Waals surface area contributed by atoms with E-state index in [0.29, 0.717) is 6.54 Å². The first-order valence-corrected chi connectivity index (χ1v) is 13.6. The molecule has 6 aromatic carbocycles. The summed E-state index contributed by atoms with van der Waals surface area (Å²) in [6.45, 7) is 0.656. The molecular formula is C37H26N2O. The van der Waals surface area contributed by atoms with Crippen molar-refractivity contribution in [3.8, 4) is 11.1 Å². The Morgan fingerprint density at radius 3 is 2.10 bits per heavy atom. The standard InChI is InChI=1S/C37H26N2O/c1-2-8-25(9-3-1)26-16-18-29(19-17-26)39(31-23-35-34-12-6-7-13-36(34)40-37(35)38-24-31)30-20-21-33-28(22-30)15-14-27-10-4-5-11-32(27)33/h1-23,38H,24H2. The molecule has 0 saturated carbocycles. The van der Waals surface area contributed by atoms with Gasteiger partial charge in [-0.05, 0) is 69.1 Å². The molecule has 8 rings (SSSR count). The third-order valence-corrected chi connectivity index (χ3v) is 7.88. The van der Waals surface area contributed by atoms with E-state index in [4.69, 9.17) is 4.42 Å². The van der Waals surface area contributed by atoms with E-state index in [1.807, 2.05) is 12.1 Å². The van der Waals surface area contributed by atoms with Crippen LogP contribution in [0.3, 0.4) is 0 Å². The van der Waals surface area contributed by atoms with Gasteiger partial charge in [0.25, 0.3) is 0 Å². The van der Waals surface area contributed by atoms with Crippen molar-refractivity contribution in [2.45, 2.75) is 0 Å².